The Balaban J connectivity index is 1.73. The summed E-state index contributed by atoms with van der Waals surface area (Å²) in [7, 11) is 1.63. The van der Waals surface area contributed by atoms with Crippen LogP contribution in [0, 0.1) is 0 Å². The van der Waals surface area contributed by atoms with E-state index in [0.717, 1.165) is 22.4 Å². The standard InChI is InChI=1S/C26H24N2O3/c1-3-31-24-15-10-20-16-23(19-8-13-22(30-2)14-9-19)26(29)28(25(20)27-24)21-11-6-18(7-12-21)17-4-5-17/h6-17H,3-5H2,1-2H3. The van der Waals surface area contributed by atoms with Gasteiger partial charge in [0.1, 0.15) is 5.75 Å². The van der Waals surface area contributed by atoms with Gasteiger partial charge in [-0.3, -0.25) is 9.36 Å². The van der Waals surface area contributed by atoms with Crippen LogP contribution in [0.25, 0.3) is 27.8 Å². The van der Waals surface area contributed by atoms with Gasteiger partial charge in [0.25, 0.3) is 5.56 Å². The molecule has 0 aliphatic heterocycles. The van der Waals surface area contributed by atoms with Gasteiger partial charge in [0.15, 0.2) is 5.65 Å². The molecule has 1 aliphatic carbocycles. The normalized spacial score (nSPS) is 13.4. The van der Waals surface area contributed by atoms with Gasteiger partial charge in [-0.25, -0.2) is 0 Å². The number of fused-ring (bicyclic) bond motifs is 1. The van der Waals surface area contributed by atoms with Gasteiger partial charge in [0.05, 0.1) is 19.4 Å². The van der Waals surface area contributed by atoms with Gasteiger partial charge in [-0.15, -0.1) is 0 Å². The Kier molecular flexibility index (Phi) is 4.94. The Morgan fingerprint density at radius 1 is 1.00 bits per heavy atom. The molecule has 5 rings (SSSR count). The van der Waals surface area contributed by atoms with Crippen molar-refractivity contribution in [1.82, 2.24) is 9.55 Å². The Morgan fingerprint density at radius 2 is 1.74 bits per heavy atom. The lowest BCUT2D eigenvalue weighted by Gasteiger charge is -2.14. The van der Waals surface area contributed by atoms with Crippen molar-refractivity contribution in [2.45, 2.75) is 25.7 Å². The Labute approximate surface area is 180 Å². The highest BCUT2D eigenvalue weighted by molar-refractivity contribution is 5.83. The highest BCUT2D eigenvalue weighted by Gasteiger charge is 2.23. The number of aromatic nitrogens is 2. The molecule has 4 aromatic rings. The largest absolute Gasteiger partial charge is 0.497 e. The van der Waals surface area contributed by atoms with Crippen LogP contribution in [0.3, 0.4) is 0 Å². The molecule has 0 radical (unpaired) electrons. The predicted molar refractivity (Wildman–Crippen MR) is 122 cm³/mol. The molecule has 0 unspecified atom stereocenters. The first kappa shape index (κ1) is 19.4. The van der Waals surface area contributed by atoms with Crippen molar-refractivity contribution in [2.75, 3.05) is 13.7 Å². The summed E-state index contributed by atoms with van der Waals surface area (Å²) < 4.78 is 12.6. The van der Waals surface area contributed by atoms with Gasteiger partial charge in [0, 0.05) is 17.0 Å². The summed E-state index contributed by atoms with van der Waals surface area (Å²) in [5, 5.41) is 0.875. The molecule has 5 nitrogen and oxygen atoms in total. The summed E-state index contributed by atoms with van der Waals surface area (Å²) in [4.78, 5) is 18.3. The number of benzene rings is 2. The fourth-order valence-corrected chi connectivity index (χ4v) is 3.92. The van der Waals surface area contributed by atoms with Crippen LogP contribution < -0.4 is 15.0 Å². The monoisotopic (exact) mass is 412 g/mol. The maximum Gasteiger partial charge on any atom is 0.264 e. The topological polar surface area (TPSA) is 53.4 Å². The molecule has 0 bridgehead atoms. The van der Waals surface area contributed by atoms with Crippen molar-refractivity contribution in [1.29, 1.82) is 0 Å². The van der Waals surface area contributed by atoms with E-state index < -0.39 is 0 Å². The zero-order chi connectivity index (χ0) is 21.4. The van der Waals surface area contributed by atoms with Crippen LogP contribution in [0.2, 0.25) is 0 Å². The third-order valence-electron chi connectivity index (χ3n) is 5.72. The number of hydrogen-bond donors (Lipinski definition) is 0. The Hall–Kier alpha value is -3.60. The maximum absolute atomic E-state index is 13.7. The summed E-state index contributed by atoms with van der Waals surface area (Å²) >= 11 is 0. The molecular formula is C26H24N2O3. The van der Waals surface area contributed by atoms with Crippen LogP contribution in [-0.4, -0.2) is 23.3 Å². The minimum atomic E-state index is -0.113. The van der Waals surface area contributed by atoms with Crippen LogP contribution >= 0.6 is 0 Å². The number of hydrogen-bond acceptors (Lipinski definition) is 4. The van der Waals surface area contributed by atoms with Crippen molar-refractivity contribution in [2.24, 2.45) is 0 Å². The van der Waals surface area contributed by atoms with Crippen molar-refractivity contribution < 1.29 is 9.47 Å². The second-order valence-corrected chi connectivity index (χ2v) is 7.79. The van der Waals surface area contributed by atoms with Crippen molar-refractivity contribution in [3.8, 4) is 28.4 Å². The summed E-state index contributed by atoms with van der Waals surface area (Å²) in [5.41, 5.74) is 4.06. The summed E-state index contributed by atoms with van der Waals surface area (Å²) in [6.45, 7) is 2.44. The number of methoxy groups -OCH3 is 1. The number of ether oxygens (including phenoxy) is 2. The van der Waals surface area contributed by atoms with E-state index >= 15 is 0 Å². The van der Waals surface area contributed by atoms with Gasteiger partial charge in [-0.05, 0) is 73.2 Å². The molecule has 2 heterocycles. The van der Waals surface area contributed by atoms with Crippen LogP contribution in [0.5, 0.6) is 11.6 Å². The average Bonchev–Trinajstić information content (AvgIpc) is 3.65. The molecule has 2 aromatic carbocycles. The number of nitrogens with zero attached hydrogens (tertiary/aromatic N) is 2. The molecule has 1 saturated carbocycles. The van der Waals surface area contributed by atoms with Crippen molar-refractivity contribution in [3.05, 3.63) is 82.6 Å². The van der Waals surface area contributed by atoms with Crippen LogP contribution in [0.4, 0.5) is 0 Å². The van der Waals surface area contributed by atoms with Crippen LogP contribution in [0.15, 0.2) is 71.5 Å². The molecule has 2 aromatic heterocycles. The third kappa shape index (κ3) is 3.67. The molecule has 0 saturated heterocycles. The lowest BCUT2D eigenvalue weighted by atomic mass is 10.0. The first-order chi connectivity index (χ1) is 15.2. The fourth-order valence-electron chi connectivity index (χ4n) is 3.92. The highest BCUT2D eigenvalue weighted by Crippen LogP contribution is 2.40. The number of rotatable bonds is 6. The second-order valence-electron chi connectivity index (χ2n) is 7.79. The molecule has 0 amide bonds. The SMILES string of the molecule is CCOc1ccc2cc(-c3ccc(OC)cc3)c(=O)n(-c3ccc(C4CC4)cc3)c2n1. The zero-order valence-electron chi connectivity index (χ0n) is 17.7. The molecule has 1 aliphatic rings. The van der Waals surface area contributed by atoms with Crippen molar-refractivity contribution in [3.63, 3.8) is 0 Å². The molecule has 0 atom stereocenters. The van der Waals surface area contributed by atoms with E-state index in [4.69, 9.17) is 9.47 Å². The van der Waals surface area contributed by atoms with Crippen LogP contribution in [0.1, 0.15) is 31.2 Å². The molecule has 156 valence electrons. The van der Waals surface area contributed by atoms with E-state index in [2.05, 4.69) is 17.1 Å². The molecule has 31 heavy (non-hydrogen) atoms. The van der Waals surface area contributed by atoms with Gasteiger partial charge in [0.2, 0.25) is 5.88 Å². The van der Waals surface area contributed by atoms with Gasteiger partial charge >= 0.3 is 0 Å². The minimum Gasteiger partial charge on any atom is -0.497 e. The van der Waals surface area contributed by atoms with E-state index in [1.54, 1.807) is 11.7 Å². The second kappa shape index (κ2) is 7.91. The third-order valence-corrected chi connectivity index (χ3v) is 5.72. The van der Waals surface area contributed by atoms with Crippen LogP contribution in [-0.2, 0) is 0 Å². The highest BCUT2D eigenvalue weighted by atomic mass is 16.5. The molecule has 0 N–H and O–H groups in total. The maximum atomic E-state index is 13.7. The van der Waals surface area contributed by atoms with E-state index in [1.165, 1.54) is 18.4 Å². The number of pyridine rings is 2. The lowest BCUT2D eigenvalue weighted by Crippen LogP contribution is -2.21. The quantitative estimate of drug-likeness (QED) is 0.429. The Bertz CT molecular complexity index is 1290. The molecule has 1 fully saturated rings. The molecular weight excluding hydrogens is 388 g/mol. The lowest BCUT2D eigenvalue weighted by molar-refractivity contribution is 0.328. The zero-order valence-corrected chi connectivity index (χ0v) is 17.7. The van der Waals surface area contributed by atoms with Crippen molar-refractivity contribution >= 4 is 11.0 Å². The van der Waals surface area contributed by atoms with Gasteiger partial charge in [-0.1, -0.05) is 24.3 Å². The molecule has 5 heteroatoms. The van der Waals surface area contributed by atoms with E-state index in [0.29, 0.717) is 29.6 Å². The van der Waals surface area contributed by atoms with Gasteiger partial charge < -0.3 is 9.47 Å². The van der Waals surface area contributed by atoms with E-state index in [9.17, 15) is 4.79 Å². The summed E-state index contributed by atoms with van der Waals surface area (Å²) in [6.07, 6.45) is 2.49. The predicted octanol–water partition coefficient (Wildman–Crippen LogP) is 5.34. The molecule has 0 spiro atoms. The smallest absolute Gasteiger partial charge is 0.264 e. The van der Waals surface area contributed by atoms with E-state index in [1.807, 2.05) is 61.5 Å². The fraction of sp³-hybridized carbons (Fsp3) is 0.231. The summed E-state index contributed by atoms with van der Waals surface area (Å²) in [6, 6.07) is 21.5. The first-order valence-corrected chi connectivity index (χ1v) is 10.6. The van der Waals surface area contributed by atoms with Gasteiger partial charge in [-0.2, -0.15) is 4.98 Å². The Morgan fingerprint density at radius 3 is 2.39 bits per heavy atom. The first-order valence-electron chi connectivity index (χ1n) is 10.6. The minimum absolute atomic E-state index is 0.113. The summed E-state index contributed by atoms with van der Waals surface area (Å²) in [5.74, 6) is 1.93. The van der Waals surface area contributed by atoms with E-state index in [-0.39, 0.29) is 5.56 Å². The average molecular weight is 412 g/mol.